The van der Waals surface area contributed by atoms with Crippen molar-refractivity contribution in [1.82, 2.24) is 4.90 Å². The van der Waals surface area contributed by atoms with Gasteiger partial charge in [0.15, 0.2) is 0 Å². The number of ether oxygens (including phenoxy) is 1. The Kier molecular flexibility index (Phi) is 3.64. The van der Waals surface area contributed by atoms with Gasteiger partial charge in [-0.25, -0.2) is 4.79 Å². The van der Waals surface area contributed by atoms with Crippen molar-refractivity contribution in [3.8, 4) is 0 Å². The van der Waals surface area contributed by atoms with Crippen LogP contribution in [0.4, 0.5) is 4.79 Å². The largest absolute Gasteiger partial charge is 0.450 e. The van der Waals surface area contributed by atoms with Crippen molar-refractivity contribution >= 4 is 6.09 Å². The van der Waals surface area contributed by atoms with Crippen LogP contribution in [0.3, 0.4) is 0 Å². The molecule has 1 amide bonds. The first-order chi connectivity index (χ1) is 8.22. The molecule has 0 spiro atoms. The molecular weight excluding hydrogens is 216 g/mol. The molecule has 92 valence electrons. The summed E-state index contributed by atoms with van der Waals surface area (Å²) in [5, 5.41) is 0. The second kappa shape index (κ2) is 5.19. The minimum absolute atomic E-state index is 0.0320. The van der Waals surface area contributed by atoms with Crippen LogP contribution in [-0.4, -0.2) is 30.2 Å². The zero-order valence-corrected chi connectivity index (χ0v) is 10.0. The van der Waals surface area contributed by atoms with Gasteiger partial charge < -0.3 is 10.5 Å². The van der Waals surface area contributed by atoms with E-state index in [0.717, 1.165) is 12.0 Å². The van der Waals surface area contributed by atoms with Crippen molar-refractivity contribution in [2.45, 2.75) is 25.4 Å². The molecule has 0 aliphatic carbocycles. The van der Waals surface area contributed by atoms with E-state index in [1.807, 2.05) is 37.3 Å². The van der Waals surface area contributed by atoms with Crippen molar-refractivity contribution in [1.29, 1.82) is 0 Å². The molecule has 0 unspecified atom stereocenters. The van der Waals surface area contributed by atoms with Crippen molar-refractivity contribution < 1.29 is 9.53 Å². The van der Waals surface area contributed by atoms with E-state index in [4.69, 9.17) is 10.5 Å². The minimum Gasteiger partial charge on any atom is -0.450 e. The molecule has 2 rings (SSSR count). The second-order valence-corrected chi connectivity index (χ2v) is 4.27. The second-order valence-electron chi connectivity index (χ2n) is 4.27. The fourth-order valence-corrected chi connectivity index (χ4v) is 2.27. The van der Waals surface area contributed by atoms with E-state index in [1.54, 1.807) is 4.90 Å². The van der Waals surface area contributed by atoms with Gasteiger partial charge in [-0.1, -0.05) is 30.3 Å². The summed E-state index contributed by atoms with van der Waals surface area (Å²) in [4.78, 5) is 13.5. The molecule has 0 saturated carbocycles. The van der Waals surface area contributed by atoms with Gasteiger partial charge in [-0.2, -0.15) is 0 Å². The predicted octanol–water partition coefficient (Wildman–Crippen LogP) is 1.92. The number of carbonyl (C=O) groups excluding carboxylic acids is 1. The summed E-state index contributed by atoms with van der Waals surface area (Å²) in [5.74, 6) is 0. The number of nitrogens with two attached hydrogens (primary N) is 1. The summed E-state index contributed by atoms with van der Waals surface area (Å²) in [7, 11) is 0. The number of amides is 1. The lowest BCUT2D eigenvalue weighted by molar-refractivity contribution is 0.102. The molecule has 1 saturated heterocycles. The molecule has 17 heavy (non-hydrogen) atoms. The zero-order chi connectivity index (χ0) is 12.3. The predicted molar refractivity (Wildman–Crippen MR) is 65.5 cm³/mol. The first-order valence-electron chi connectivity index (χ1n) is 5.96. The van der Waals surface area contributed by atoms with Crippen LogP contribution in [0.25, 0.3) is 0 Å². The molecule has 1 aromatic rings. The van der Waals surface area contributed by atoms with Crippen LogP contribution < -0.4 is 5.73 Å². The van der Waals surface area contributed by atoms with E-state index < -0.39 is 0 Å². The summed E-state index contributed by atoms with van der Waals surface area (Å²) < 4.78 is 5.06. The zero-order valence-electron chi connectivity index (χ0n) is 10.0. The average molecular weight is 234 g/mol. The molecule has 1 fully saturated rings. The third-order valence-electron chi connectivity index (χ3n) is 3.02. The van der Waals surface area contributed by atoms with Crippen LogP contribution in [0, 0.1) is 0 Å². The smallest absolute Gasteiger partial charge is 0.410 e. The Morgan fingerprint density at radius 1 is 1.47 bits per heavy atom. The van der Waals surface area contributed by atoms with E-state index in [1.165, 1.54) is 0 Å². The van der Waals surface area contributed by atoms with Crippen LogP contribution in [0.5, 0.6) is 0 Å². The monoisotopic (exact) mass is 234 g/mol. The fraction of sp³-hybridized carbons (Fsp3) is 0.462. The van der Waals surface area contributed by atoms with Gasteiger partial charge in [0.25, 0.3) is 0 Å². The third-order valence-corrected chi connectivity index (χ3v) is 3.02. The van der Waals surface area contributed by atoms with E-state index in [-0.39, 0.29) is 18.2 Å². The van der Waals surface area contributed by atoms with Gasteiger partial charge in [0, 0.05) is 12.6 Å². The summed E-state index contributed by atoms with van der Waals surface area (Å²) in [6.45, 7) is 2.77. The molecule has 2 atom stereocenters. The number of hydrogen-bond donors (Lipinski definition) is 1. The summed E-state index contributed by atoms with van der Waals surface area (Å²) >= 11 is 0. The van der Waals surface area contributed by atoms with E-state index in [2.05, 4.69) is 0 Å². The molecule has 0 radical (unpaired) electrons. The molecule has 4 heteroatoms. The van der Waals surface area contributed by atoms with E-state index in [0.29, 0.717) is 13.2 Å². The highest BCUT2D eigenvalue weighted by atomic mass is 16.6. The molecule has 0 aromatic heterocycles. The van der Waals surface area contributed by atoms with Crippen LogP contribution in [0.1, 0.15) is 24.9 Å². The van der Waals surface area contributed by atoms with Crippen molar-refractivity contribution in [3.63, 3.8) is 0 Å². The third kappa shape index (κ3) is 2.58. The maximum atomic E-state index is 11.8. The molecule has 1 aliphatic heterocycles. The Bertz CT molecular complexity index is 380. The van der Waals surface area contributed by atoms with Crippen molar-refractivity contribution in [2.24, 2.45) is 5.73 Å². The molecular formula is C13H18N2O2. The van der Waals surface area contributed by atoms with E-state index >= 15 is 0 Å². The standard InChI is InChI=1S/C13H18N2O2/c1-2-17-13(16)15-9-11(14)8-12(15)10-6-4-3-5-7-10/h3-7,11-12H,2,8-9,14H2,1H3/t11-,12+/m0/s1. The maximum absolute atomic E-state index is 11.8. The number of likely N-dealkylation sites (tertiary alicyclic amines) is 1. The lowest BCUT2D eigenvalue weighted by Gasteiger charge is -2.23. The van der Waals surface area contributed by atoms with Crippen LogP contribution >= 0.6 is 0 Å². The van der Waals surface area contributed by atoms with Gasteiger partial charge in [0.1, 0.15) is 0 Å². The molecule has 1 aromatic carbocycles. The number of hydrogen-bond acceptors (Lipinski definition) is 3. The maximum Gasteiger partial charge on any atom is 0.410 e. The highest BCUT2D eigenvalue weighted by molar-refractivity contribution is 5.69. The molecule has 4 nitrogen and oxygen atoms in total. The Labute approximate surface area is 101 Å². The minimum atomic E-state index is -0.269. The molecule has 1 aliphatic rings. The first-order valence-corrected chi connectivity index (χ1v) is 5.96. The lowest BCUT2D eigenvalue weighted by atomic mass is 10.0. The number of nitrogens with zero attached hydrogens (tertiary/aromatic N) is 1. The Morgan fingerprint density at radius 2 is 2.18 bits per heavy atom. The fourth-order valence-electron chi connectivity index (χ4n) is 2.27. The topological polar surface area (TPSA) is 55.6 Å². The van der Waals surface area contributed by atoms with Gasteiger partial charge in [-0.15, -0.1) is 0 Å². The van der Waals surface area contributed by atoms with Crippen LogP contribution in [-0.2, 0) is 4.74 Å². The Balaban J connectivity index is 2.17. The normalized spacial score (nSPS) is 23.8. The van der Waals surface area contributed by atoms with Gasteiger partial charge >= 0.3 is 6.09 Å². The van der Waals surface area contributed by atoms with Gasteiger partial charge in [0.2, 0.25) is 0 Å². The van der Waals surface area contributed by atoms with Crippen LogP contribution in [0.15, 0.2) is 30.3 Å². The summed E-state index contributed by atoms with van der Waals surface area (Å²) in [5.41, 5.74) is 7.06. The summed E-state index contributed by atoms with van der Waals surface area (Å²) in [6.07, 6.45) is 0.525. The Morgan fingerprint density at radius 3 is 2.82 bits per heavy atom. The summed E-state index contributed by atoms with van der Waals surface area (Å²) in [6, 6.07) is 10.0. The average Bonchev–Trinajstić information content (AvgIpc) is 2.73. The van der Waals surface area contributed by atoms with Gasteiger partial charge in [-0.3, -0.25) is 4.90 Å². The quantitative estimate of drug-likeness (QED) is 0.850. The molecule has 1 heterocycles. The lowest BCUT2D eigenvalue weighted by Crippen LogP contribution is -2.33. The Hall–Kier alpha value is -1.55. The van der Waals surface area contributed by atoms with Gasteiger partial charge in [-0.05, 0) is 18.9 Å². The van der Waals surface area contributed by atoms with Gasteiger partial charge in [0.05, 0.1) is 12.6 Å². The number of carbonyl (C=O) groups is 1. The number of rotatable bonds is 2. The van der Waals surface area contributed by atoms with Crippen molar-refractivity contribution in [2.75, 3.05) is 13.2 Å². The van der Waals surface area contributed by atoms with E-state index in [9.17, 15) is 4.79 Å². The highest BCUT2D eigenvalue weighted by Gasteiger charge is 2.35. The molecule has 0 bridgehead atoms. The first kappa shape index (κ1) is 11.9. The highest BCUT2D eigenvalue weighted by Crippen LogP contribution is 2.31. The SMILES string of the molecule is CCOC(=O)N1C[C@@H](N)C[C@@H]1c1ccccc1. The van der Waals surface area contributed by atoms with Crippen molar-refractivity contribution in [3.05, 3.63) is 35.9 Å². The van der Waals surface area contributed by atoms with Crippen LogP contribution in [0.2, 0.25) is 0 Å². The molecule has 2 N–H and O–H groups in total. The number of benzene rings is 1.